The minimum absolute atomic E-state index is 0.165. The summed E-state index contributed by atoms with van der Waals surface area (Å²) in [5.41, 5.74) is 5.25. The van der Waals surface area contributed by atoms with Gasteiger partial charge in [0.05, 0.1) is 6.04 Å². The van der Waals surface area contributed by atoms with E-state index in [1.165, 1.54) is 32.1 Å². The lowest BCUT2D eigenvalue weighted by molar-refractivity contribution is -0.119. The third-order valence-corrected chi connectivity index (χ3v) is 4.21. The Hall–Kier alpha value is -0.220. The SMILES string of the molecule is CNC(CSC1CCCCC1)C(N)=O. The van der Waals surface area contributed by atoms with Crippen LogP contribution in [0.25, 0.3) is 0 Å². The summed E-state index contributed by atoms with van der Waals surface area (Å²) in [6.45, 7) is 0. The van der Waals surface area contributed by atoms with Crippen molar-refractivity contribution in [1.82, 2.24) is 5.32 Å². The number of likely N-dealkylation sites (N-methyl/N-ethyl adjacent to an activating group) is 1. The highest BCUT2D eigenvalue weighted by Crippen LogP contribution is 2.28. The molecule has 4 heteroatoms. The van der Waals surface area contributed by atoms with Gasteiger partial charge >= 0.3 is 0 Å². The second-order valence-electron chi connectivity index (χ2n) is 3.84. The first-order chi connectivity index (χ1) is 6.74. The molecule has 0 aromatic heterocycles. The Morgan fingerprint density at radius 2 is 2.14 bits per heavy atom. The van der Waals surface area contributed by atoms with Gasteiger partial charge in [-0.3, -0.25) is 4.79 Å². The zero-order valence-electron chi connectivity index (χ0n) is 8.79. The minimum atomic E-state index is -0.240. The van der Waals surface area contributed by atoms with Crippen LogP contribution < -0.4 is 11.1 Å². The number of hydrogen-bond acceptors (Lipinski definition) is 3. The van der Waals surface area contributed by atoms with Crippen molar-refractivity contribution in [2.75, 3.05) is 12.8 Å². The Morgan fingerprint density at radius 3 is 2.64 bits per heavy atom. The molecule has 0 aliphatic heterocycles. The molecule has 1 fully saturated rings. The van der Waals surface area contributed by atoms with E-state index in [0.29, 0.717) is 0 Å². The second kappa shape index (κ2) is 6.30. The van der Waals surface area contributed by atoms with Crippen LogP contribution in [0.5, 0.6) is 0 Å². The van der Waals surface area contributed by atoms with Crippen LogP contribution in [-0.2, 0) is 4.79 Å². The predicted molar refractivity (Wildman–Crippen MR) is 61.4 cm³/mol. The fourth-order valence-electron chi connectivity index (χ4n) is 1.77. The Labute approximate surface area is 90.2 Å². The Kier molecular flexibility index (Phi) is 5.33. The van der Waals surface area contributed by atoms with Crippen LogP contribution in [0.2, 0.25) is 0 Å². The Bertz CT molecular complexity index is 181. The first kappa shape index (κ1) is 11.9. The van der Waals surface area contributed by atoms with E-state index in [4.69, 9.17) is 5.73 Å². The molecule has 0 saturated heterocycles. The van der Waals surface area contributed by atoms with Gasteiger partial charge in [0.2, 0.25) is 5.91 Å². The van der Waals surface area contributed by atoms with E-state index in [1.807, 2.05) is 11.8 Å². The maximum atomic E-state index is 10.9. The Balaban J connectivity index is 2.20. The van der Waals surface area contributed by atoms with E-state index in [1.54, 1.807) is 7.05 Å². The molecule has 14 heavy (non-hydrogen) atoms. The van der Waals surface area contributed by atoms with Crippen LogP contribution in [-0.4, -0.2) is 30.0 Å². The Morgan fingerprint density at radius 1 is 1.50 bits per heavy atom. The smallest absolute Gasteiger partial charge is 0.235 e. The summed E-state index contributed by atoms with van der Waals surface area (Å²) < 4.78 is 0. The molecule has 1 rings (SSSR count). The molecule has 82 valence electrons. The molecule has 1 amide bonds. The maximum Gasteiger partial charge on any atom is 0.235 e. The lowest BCUT2D eigenvalue weighted by Crippen LogP contribution is -2.41. The van der Waals surface area contributed by atoms with Crippen LogP contribution in [0.4, 0.5) is 0 Å². The second-order valence-corrected chi connectivity index (χ2v) is 5.17. The number of hydrogen-bond donors (Lipinski definition) is 2. The van der Waals surface area contributed by atoms with Gasteiger partial charge in [-0.1, -0.05) is 19.3 Å². The normalized spacial score (nSPS) is 20.6. The summed E-state index contributed by atoms with van der Waals surface area (Å²) in [6, 6.07) is -0.165. The van der Waals surface area contributed by atoms with Crippen molar-refractivity contribution in [3.05, 3.63) is 0 Å². The number of rotatable bonds is 5. The van der Waals surface area contributed by atoms with Gasteiger partial charge in [-0.2, -0.15) is 11.8 Å². The number of nitrogens with two attached hydrogens (primary N) is 1. The zero-order valence-corrected chi connectivity index (χ0v) is 9.61. The monoisotopic (exact) mass is 216 g/mol. The van der Waals surface area contributed by atoms with Gasteiger partial charge in [0.15, 0.2) is 0 Å². The third-order valence-electron chi connectivity index (χ3n) is 2.74. The van der Waals surface area contributed by atoms with Crippen LogP contribution in [0.15, 0.2) is 0 Å². The number of primary amides is 1. The summed E-state index contributed by atoms with van der Waals surface area (Å²) in [5.74, 6) is 0.576. The van der Waals surface area contributed by atoms with Gasteiger partial charge in [0, 0.05) is 11.0 Å². The number of amides is 1. The molecule has 1 aliphatic carbocycles. The molecule has 1 unspecified atom stereocenters. The summed E-state index contributed by atoms with van der Waals surface area (Å²) in [6.07, 6.45) is 6.68. The molecule has 1 saturated carbocycles. The minimum Gasteiger partial charge on any atom is -0.368 e. The quantitative estimate of drug-likeness (QED) is 0.724. The van der Waals surface area contributed by atoms with Crippen molar-refractivity contribution in [1.29, 1.82) is 0 Å². The number of thioether (sulfide) groups is 1. The van der Waals surface area contributed by atoms with Gasteiger partial charge in [0.1, 0.15) is 0 Å². The van der Waals surface area contributed by atoms with E-state index >= 15 is 0 Å². The van der Waals surface area contributed by atoms with Crippen molar-refractivity contribution < 1.29 is 4.79 Å². The average Bonchev–Trinajstić information content (AvgIpc) is 2.20. The topological polar surface area (TPSA) is 55.1 Å². The van der Waals surface area contributed by atoms with Crippen molar-refractivity contribution in [2.45, 2.75) is 43.4 Å². The highest BCUT2D eigenvalue weighted by atomic mass is 32.2. The molecule has 0 aromatic carbocycles. The van der Waals surface area contributed by atoms with Gasteiger partial charge in [-0.25, -0.2) is 0 Å². The molecular weight excluding hydrogens is 196 g/mol. The lowest BCUT2D eigenvalue weighted by atomic mass is 10.0. The maximum absolute atomic E-state index is 10.9. The first-order valence-corrected chi connectivity index (χ1v) is 6.37. The van der Waals surface area contributed by atoms with Gasteiger partial charge in [-0.05, 0) is 19.9 Å². The van der Waals surface area contributed by atoms with E-state index in [0.717, 1.165) is 11.0 Å². The largest absolute Gasteiger partial charge is 0.368 e. The van der Waals surface area contributed by atoms with Crippen molar-refractivity contribution in [3.63, 3.8) is 0 Å². The summed E-state index contributed by atoms with van der Waals surface area (Å²) >= 11 is 1.90. The van der Waals surface area contributed by atoms with Crippen molar-refractivity contribution in [3.8, 4) is 0 Å². The van der Waals surface area contributed by atoms with Crippen LogP contribution in [0.3, 0.4) is 0 Å². The number of carbonyl (C=O) groups excluding carboxylic acids is 1. The summed E-state index contributed by atoms with van der Waals surface area (Å²) in [7, 11) is 1.79. The van der Waals surface area contributed by atoms with E-state index in [-0.39, 0.29) is 11.9 Å². The fraction of sp³-hybridized carbons (Fsp3) is 0.900. The summed E-state index contributed by atoms with van der Waals surface area (Å²) in [5, 5.41) is 3.69. The fourth-order valence-corrected chi connectivity index (χ4v) is 3.23. The number of nitrogens with one attached hydrogen (secondary N) is 1. The zero-order chi connectivity index (χ0) is 10.4. The van der Waals surface area contributed by atoms with E-state index in [9.17, 15) is 4.79 Å². The molecule has 0 radical (unpaired) electrons. The number of carbonyl (C=O) groups is 1. The highest BCUT2D eigenvalue weighted by molar-refractivity contribution is 7.99. The van der Waals surface area contributed by atoms with Crippen molar-refractivity contribution >= 4 is 17.7 Å². The van der Waals surface area contributed by atoms with Crippen LogP contribution in [0, 0.1) is 0 Å². The molecule has 3 N–H and O–H groups in total. The van der Waals surface area contributed by atoms with Gasteiger partial charge in [0.25, 0.3) is 0 Å². The van der Waals surface area contributed by atoms with E-state index < -0.39 is 0 Å². The van der Waals surface area contributed by atoms with E-state index in [2.05, 4.69) is 5.32 Å². The highest BCUT2D eigenvalue weighted by Gasteiger charge is 2.18. The molecule has 0 aromatic rings. The molecule has 0 bridgehead atoms. The molecule has 0 spiro atoms. The molecular formula is C10H20N2OS. The molecule has 0 heterocycles. The standard InChI is InChI=1S/C10H20N2OS/c1-12-9(10(11)13)7-14-8-5-3-2-4-6-8/h8-9,12H,2-7H2,1H3,(H2,11,13). The van der Waals surface area contributed by atoms with Gasteiger partial charge < -0.3 is 11.1 Å². The summed E-state index contributed by atoms with van der Waals surface area (Å²) in [4.78, 5) is 10.9. The van der Waals surface area contributed by atoms with Gasteiger partial charge in [-0.15, -0.1) is 0 Å². The molecule has 1 aliphatic rings. The first-order valence-electron chi connectivity index (χ1n) is 5.32. The lowest BCUT2D eigenvalue weighted by Gasteiger charge is -2.22. The van der Waals surface area contributed by atoms with Crippen molar-refractivity contribution in [2.24, 2.45) is 5.73 Å². The predicted octanol–water partition coefficient (Wildman–Crippen LogP) is 1.13. The molecule has 1 atom stereocenters. The average molecular weight is 216 g/mol. The molecule has 3 nitrogen and oxygen atoms in total. The third kappa shape index (κ3) is 3.88. The van der Waals surface area contributed by atoms with Crippen LogP contribution in [0.1, 0.15) is 32.1 Å². The van der Waals surface area contributed by atoms with Crippen LogP contribution >= 0.6 is 11.8 Å².